The molecule has 0 saturated heterocycles. The Morgan fingerprint density at radius 1 is 0.301 bits per heavy atom. The van der Waals surface area contributed by atoms with E-state index < -0.39 is 116 Å². The van der Waals surface area contributed by atoms with E-state index in [4.69, 9.17) is 68.1 Å². The molecule has 16 aliphatic rings. The average molecular weight is 2350 g/mol. The predicted molar refractivity (Wildman–Crippen MR) is 607 cm³/mol. The number of unbranched alkanes of at least 4 members (excludes halogenated alkanes) is 2. The van der Waals surface area contributed by atoms with Crippen LogP contribution in [0.3, 0.4) is 0 Å². The molecule has 8 fully saturated rings. The van der Waals surface area contributed by atoms with Crippen LogP contribution in [0.25, 0.3) is 0 Å². The van der Waals surface area contributed by atoms with Gasteiger partial charge in [0.05, 0.1) is 32.3 Å². The predicted octanol–water partition coefficient (Wildman–Crippen LogP) is 41.8. The molecule has 0 aromatic rings. The topological polar surface area (TPSA) is 0 Å². The van der Waals surface area contributed by atoms with Crippen molar-refractivity contribution in [2.24, 2.45) is 123 Å². The van der Waals surface area contributed by atoms with Crippen molar-refractivity contribution in [2.75, 3.05) is 0 Å². The molecule has 742 valence electrons. The van der Waals surface area contributed by atoms with Crippen molar-refractivity contribution in [3.05, 3.63) is 302 Å². The molecule has 0 bridgehead atoms. The SMILES string of the molecule is C=CCCC1CCC([Si](C)(C)C2C3C=C(C(C)(C)C)C=CC3C3C=CC(C(C)(C)C)=CC32)C1.C=CCCC1CCC([Si](C)(C)C2C3C=CC=CC3C3C=CC=CC32)C1.C=CCCC[Si](C)(C1CCCC1)C1C2C=C(C)C=CC2C2C=CC(C(C)(C)C)=CC21.C=CCCC[Si](C)(C1CCCC1)C1C2C=CC=CC2C2C=CC=CC21.[CH3-].[CH3-].[CH3-].[CH3-].[CH3-].[CH3-].[CH3-].[CH3-].[Cl][Zr+2][Cl].[Cl][Zr+2][Cl].[Cl][Zr+2][Cl].[Cl][Zr+2][Cl]. The van der Waals surface area contributed by atoms with Crippen molar-refractivity contribution >= 4 is 100 Å². The average Bonchev–Trinajstić information content (AvgIpc) is 1.62. The first-order chi connectivity index (χ1) is 59.6. The van der Waals surface area contributed by atoms with Crippen LogP contribution in [-0.2, 0) is 83.4 Å². The molecule has 23 unspecified atom stereocenters. The minimum absolute atomic E-state index is 0. The molecular weight excluding hydrogens is 2170 g/mol. The summed E-state index contributed by atoms with van der Waals surface area (Å²) >= 11 is -3.30. The van der Waals surface area contributed by atoms with Crippen molar-refractivity contribution in [1.82, 2.24) is 0 Å². The molecule has 0 nitrogen and oxygen atoms in total. The van der Waals surface area contributed by atoms with E-state index in [-0.39, 0.29) is 75.7 Å². The molecule has 16 heteroatoms. The Labute approximate surface area is 903 Å². The number of fused-ring (bicyclic) bond motifs is 12. The monoisotopic (exact) mass is 2340 g/mol. The van der Waals surface area contributed by atoms with Crippen LogP contribution in [0.15, 0.2) is 243 Å². The second-order valence-electron chi connectivity index (χ2n) is 45.1. The van der Waals surface area contributed by atoms with Crippen LogP contribution < -0.4 is 0 Å². The van der Waals surface area contributed by atoms with Gasteiger partial charge in [-0.1, -0.05) is 404 Å². The number of hydrogen-bond acceptors (Lipinski definition) is 0. The summed E-state index contributed by atoms with van der Waals surface area (Å²) in [5.74, 6) is 13.7. The molecule has 133 heavy (non-hydrogen) atoms. The van der Waals surface area contributed by atoms with Gasteiger partial charge in [0.25, 0.3) is 0 Å². The normalized spacial score (nSPS) is 32.4. The fraction of sp³-hybridized carbons (Fsp3) is 0.590. The summed E-state index contributed by atoms with van der Waals surface area (Å²) in [6.07, 6.45) is 110. The molecular formula is C117H186Cl8Si4Zr4. The Morgan fingerprint density at radius 2 is 0.534 bits per heavy atom. The van der Waals surface area contributed by atoms with Gasteiger partial charge in [0.1, 0.15) is 0 Å². The van der Waals surface area contributed by atoms with Gasteiger partial charge < -0.3 is 59.4 Å². The molecule has 0 aromatic carbocycles. The first kappa shape index (κ1) is 133. The van der Waals surface area contributed by atoms with Crippen molar-refractivity contribution < 1.29 is 83.4 Å². The van der Waals surface area contributed by atoms with Crippen molar-refractivity contribution in [1.29, 1.82) is 0 Å². The third-order valence-electron chi connectivity index (χ3n) is 34.8. The van der Waals surface area contributed by atoms with Gasteiger partial charge in [-0.2, -0.15) is 0 Å². The van der Waals surface area contributed by atoms with Gasteiger partial charge in [0.2, 0.25) is 0 Å². The summed E-state index contributed by atoms with van der Waals surface area (Å²) in [4.78, 5) is 0. The molecule has 0 amide bonds. The summed E-state index contributed by atoms with van der Waals surface area (Å²) in [7, 11) is 33.8. The summed E-state index contributed by atoms with van der Waals surface area (Å²) < 4.78 is 0. The van der Waals surface area contributed by atoms with Gasteiger partial charge in [-0.3, -0.25) is 0 Å². The van der Waals surface area contributed by atoms with E-state index in [0.29, 0.717) is 35.5 Å². The standard InChI is InChI=1S/C32H50Si.C29H44Si.2C24H34Si.8CH3.8ClH.4Zr/c1-10-11-12-22-13-16-25(19-22)33(8,9)30-28-20-23(31(2,3)4)14-17-26(28)27-18-15-24(21-29(27)30)32(5,6)7;1-7-8-11-18-30(6,23-12-9-10-13-23)28-26-19-21(2)14-16-24(26)25-17-15-22(20-27(25)28)29(3,4)5;1-4-5-10-18-15-16-19(17-18)25(2,3)24-22-13-8-6-11-20(22)21-12-7-9-14-23(21)24;1-3-4-11-18-25(2,19-12-5-6-13-19)24-22-16-9-7-14-20(22)21-15-8-10-17-23(21)24;;;;;;;;;;;;;;;;;;;;/h10,14-15,17-18,20-22,25-30H,1,11-13,16,19H2,2-9H3;7,14-17,19-20,23-28H,1,8-13,18H2,2-6H3;4,6-9,11-14,18-24H,1,5,10,15-17H2,2-3H3;3,7-10,14-17,19-24H,1,4-6,11-13,18H2,2H3;8*1H3;8*1H;;;;/q;;;;8*-1;;;;;;;;;4*+4/p-8. The van der Waals surface area contributed by atoms with Gasteiger partial charge in [-0.25, -0.2) is 0 Å². The zero-order chi connectivity index (χ0) is 91.2. The van der Waals surface area contributed by atoms with E-state index in [1.165, 1.54) is 159 Å². The minimum atomic E-state index is -1.49. The van der Waals surface area contributed by atoms with Gasteiger partial charge >= 0.3 is 151 Å². The summed E-state index contributed by atoms with van der Waals surface area (Å²) in [6, 6.07) is 3.01. The number of hydrogen-bond donors (Lipinski definition) is 0. The Hall–Kier alpha value is 1.52. The molecule has 0 aliphatic heterocycles. The van der Waals surface area contributed by atoms with Gasteiger partial charge in [-0.05, 0) is 242 Å². The van der Waals surface area contributed by atoms with Crippen LogP contribution >= 0.6 is 68.1 Å². The first-order valence-corrected chi connectivity index (χ1v) is 86.3. The van der Waals surface area contributed by atoms with E-state index in [1.807, 2.05) is 0 Å². The van der Waals surface area contributed by atoms with E-state index in [9.17, 15) is 0 Å². The van der Waals surface area contributed by atoms with E-state index in [1.54, 1.807) is 16.7 Å². The van der Waals surface area contributed by atoms with E-state index in [2.05, 4.69) is 329 Å². The molecule has 0 aromatic heterocycles. The van der Waals surface area contributed by atoms with Crippen molar-refractivity contribution in [3.8, 4) is 0 Å². The third kappa shape index (κ3) is 33.3. The van der Waals surface area contributed by atoms with Crippen LogP contribution in [0.4, 0.5) is 0 Å². The molecule has 0 heterocycles. The number of allylic oxidation sites excluding steroid dienone is 36. The van der Waals surface area contributed by atoms with Crippen LogP contribution in [0.5, 0.6) is 0 Å². The maximum absolute atomic E-state index is 4.93. The van der Waals surface area contributed by atoms with Crippen LogP contribution in [0, 0.1) is 182 Å². The Bertz CT molecular complexity index is 3860. The first-order valence-electron chi connectivity index (χ1n) is 48.9. The van der Waals surface area contributed by atoms with E-state index >= 15 is 0 Å². The van der Waals surface area contributed by atoms with E-state index in [0.717, 1.165) is 115 Å². The van der Waals surface area contributed by atoms with Gasteiger partial charge in [0, 0.05) is 0 Å². The summed E-state index contributed by atoms with van der Waals surface area (Å²) in [6.45, 7) is 56.4. The molecule has 23 atom stereocenters. The Balaban J connectivity index is 0.000000838. The van der Waals surface area contributed by atoms with Crippen LogP contribution in [-0.4, -0.2) is 32.3 Å². The Morgan fingerprint density at radius 3 is 0.812 bits per heavy atom. The second kappa shape index (κ2) is 62.6. The quantitative estimate of drug-likeness (QED) is 0.0439. The summed E-state index contributed by atoms with van der Waals surface area (Å²) in [5, 5.41) is 0. The molecule has 0 spiro atoms. The summed E-state index contributed by atoms with van der Waals surface area (Å²) in [5.41, 5.74) is 14.6. The number of rotatable bonds is 22. The second-order valence-corrected chi connectivity index (χ2v) is 80.3. The molecule has 0 radical (unpaired) electrons. The fourth-order valence-corrected chi connectivity index (χ4v) is 51.6. The van der Waals surface area contributed by atoms with Crippen molar-refractivity contribution in [2.45, 2.75) is 306 Å². The maximum atomic E-state index is 4.93. The van der Waals surface area contributed by atoms with Crippen molar-refractivity contribution in [3.63, 3.8) is 0 Å². The zero-order valence-corrected chi connectivity index (χ0v) is 108. The van der Waals surface area contributed by atoms with Gasteiger partial charge in [0.15, 0.2) is 0 Å². The van der Waals surface area contributed by atoms with Crippen LogP contribution in [0.2, 0.25) is 95.7 Å². The third-order valence-corrected chi connectivity index (χ3v) is 57.4. The molecule has 16 rings (SSSR count). The fourth-order valence-electron chi connectivity index (χ4n) is 28.7. The Kier molecular flexibility index (Phi) is 62.4. The molecule has 8 saturated carbocycles. The zero-order valence-electron chi connectivity index (χ0n) is 87.8. The molecule has 0 N–H and O–H groups in total. The number of halogens is 8. The van der Waals surface area contributed by atoms with Crippen LogP contribution in [0.1, 0.15) is 210 Å². The van der Waals surface area contributed by atoms with Gasteiger partial charge in [-0.15, -0.1) is 26.3 Å². The molecule has 16 aliphatic carbocycles.